The lowest BCUT2D eigenvalue weighted by molar-refractivity contribution is -0.142. The molecule has 1 saturated heterocycles. The molecule has 0 bridgehead atoms. The number of hydrogen-bond acceptors (Lipinski definition) is 3. The summed E-state index contributed by atoms with van der Waals surface area (Å²) in [5.74, 6) is -0.496. The molecule has 0 spiro atoms. The summed E-state index contributed by atoms with van der Waals surface area (Å²) in [5.41, 5.74) is 1.50. The van der Waals surface area contributed by atoms with Gasteiger partial charge in [-0.2, -0.15) is 5.10 Å². The molecule has 3 rings (SSSR count). The van der Waals surface area contributed by atoms with Crippen molar-refractivity contribution in [2.45, 2.75) is 12.8 Å². The van der Waals surface area contributed by atoms with Crippen LogP contribution < -0.4 is 4.90 Å². The fourth-order valence-corrected chi connectivity index (χ4v) is 2.63. The molecule has 1 aliphatic rings. The number of aromatic nitrogens is 2. The van der Waals surface area contributed by atoms with Gasteiger partial charge in [-0.05, 0) is 25.0 Å². The number of carboxylic acids is 1. The van der Waals surface area contributed by atoms with Crippen LogP contribution in [0.1, 0.15) is 12.8 Å². The fraction of sp³-hybridized carbons (Fsp3) is 0.333. The van der Waals surface area contributed by atoms with Crippen molar-refractivity contribution in [2.24, 2.45) is 5.92 Å². The molecule has 0 radical (unpaired) electrons. The molecule has 6 heteroatoms. The number of carboxylic acid groups (broad SMARTS) is 1. The van der Waals surface area contributed by atoms with Crippen LogP contribution >= 0.6 is 0 Å². The maximum absolute atomic E-state index is 13.2. The summed E-state index contributed by atoms with van der Waals surface area (Å²) in [7, 11) is 0. The van der Waals surface area contributed by atoms with Crippen LogP contribution in [0.25, 0.3) is 11.3 Å². The van der Waals surface area contributed by atoms with Gasteiger partial charge in [0, 0.05) is 24.7 Å². The molecule has 110 valence electrons. The number of H-pyrrole nitrogens is 1. The normalized spacial score (nSPS) is 16.1. The highest BCUT2D eigenvalue weighted by Gasteiger charge is 2.25. The lowest BCUT2D eigenvalue weighted by Crippen LogP contribution is -2.36. The number of rotatable bonds is 3. The van der Waals surface area contributed by atoms with Gasteiger partial charge in [0.25, 0.3) is 0 Å². The van der Waals surface area contributed by atoms with Crippen molar-refractivity contribution in [1.29, 1.82) is 0 Å². The van der Waals surface area contributed by atoms with Crippen LogP contribution in [-0.4, -0.2) is 34.4 Å². The summed E-state index contributed by atoms with van der Waals surface area (Å²) in [6.45, 7) is 1.34. The van der Waals surface area contributed by atoms with Crippen molar-refractivity contribution in [3.05, 3.63) is 36.1 Å². The zero-order chi connectivity index (χ0) is 14.8. The van der Waals surface area contributed by atoms with E-state index in [0.717, 1.165) is 17.1 Å². The maximum Gasteiger partial charge on any atom is 0.306 e. The Labute approximate surface area is 121 Å². The van der Waals surface area contributed by atoms with Crippen LogP contribution in [0, 0.1) is 11.7 Å². The predicted molar refractivity (Wildman–Crippen MR) is 76.6 cm³/mol. The standard InChI is InChI=1S/C15H16FN3O2/c16-12-3-1-2-11(8-12)13-9-14(18-17-13)19-6-4-10(5-7-19)15(20)21/h1-3,8-10H,4-7H2,(H,17,18)(H,20,21). The highest BCUT2D eigenvalue weighted by molar-refractivity contribution is 5.70. The van der Waals surface area contributed by atoms with Crippen molar-refractivity contribution in [2.75, 3.05) is 18.0 Å². The van der Waals surface area contributed by atoms with Crippen molar-refractivity contribution >= 4 is 11.8 Å². The predicted octanol–water partition coefficient (Wildman–Crippen LogP) is 2.52. The molecule has 0 saturated carbocycles. The number of anilines is 1. The first kappa shape index (κ1) is 13.6. The average molecular weight is 289 g/mol. The Bertz CT molecular complexity index is 648. The summed E-state index contributed by atoms with van der Waals surface area (Å²) < 4.78 is 13.2. The molecular weight excluding hydrogens is 273 g/mol. The largest absolute Gasteiger partial charge is 0.481 e. The molecule has 0 unspecified atom stereocenters. The maximum atomic E-state index is 13.2. The number of halogens is 1. The number of aromatic amines is 1. The van der Waals surface area contributed by atoms with E-state index in [4.69, 9.17) is 5.11 Å². The van der Waals surface area contributed by atoms with E-state index in [2.05, 4.69) is 15.1 Å². The molecule has 1 aromatic carbocycles. The topological polar surface area (TPSA) is 69.2 Å². The van der Waals surface area contributed by atoms with E-state index in [1.54, 1.807) is 6.07 Å². The third-order valence-electron chi connectivity index (χ3n) is 3.87. The van der Waals surface area contributed by atoms with Gasteiger partial charge < -0.3 is 10.0 Å². The second-order valence-electron chi connectivity index (χ2n) is 5.25. The van der Waals surface area contributed by atoms with Gasteiger partial charge in [0.15, 0.2) is 5.82 Å². The minimum absolute atomic E-state index is 0.261. The second-order valence-corrected chi connectivity index (χ2v) is 5.25. The molecule has 0 atom stereocenters. The number of aliphatic carboxylic acids is 1. The van der Waals surface area contributed by atoms with Crippen LogP contribution in [0.2, 0.25) is 0 Å². The van der Waals surface area contributed by atoms with Gasteiger partial charge >= 0.3 is 5.97 Å². The summed E-state index contributed by atoms with van der Waals surface area (Å²) in [4.78, 5) is 13.0. The Morgan fingerprint density at radius 2 is 2.10 bits per heavy atom. The Morgan fingerprint density at radius 3 is 2.76 bits per heavy atom. The Kier molecular flexibility index (Phi) is 3.60. The Hall–Kier alpha value is -2.37. The lowest BCUT2D eigenvalue weighted by atomic mass is 9.97. The minimum atomic E-state index is -0.725. The van der Waals surface area contributed by atoms with Gasteiger partial charge in [-0.1, -0.05) is 12.1 Å². The van der Waals surface area contributed by atoms with Gasteiger partial charge in [-0.25, -0.2) is 4.39 Å². The summed E-state index contributed by atoms with van der Waals surface area (Å²) in [6, 6.07) is 8.20. The van der Waals surface area contributed by atoms with Gasteiger partial charge in [0.05, 0.1) is 11.6 Å². The molecule has 1 fully saturated rings. The third kappa shape index (κ3) is 2.89. The highest BCUT2D eigenvalue weighted by atomic mass is 19.1. The average Bonchev–Trinajstić information content (AvgIpc) is 2.97. The molecule has 1 aromatic heterocycles. The van der Waals surface area contributed by atoms with E-state index in [9.17, 15) is 9.18 Å². The summed E-state index contributed by atoms with van der Waals surface area (Å²) in [5, 5.41) is 16.2. The minimum Gasteiger partial charge on any atom is -0.481 e. The van der Waals surface area contributed by atoms with Crippen molar-refractivity contribution < 1.29 is 14.3 Å². The van der Waals surface area contributed by atoms with Gasteiger partial charge in [-0.15, -0.1) is 0 Å². The lowest BCUT2D eigenvalue weighted by Gasteiger charge is -2.29. The Morgan fingerprint density at radius 1 is 1.33 bits per heavy atom. The Balaban J connectivity index is 1.73. The van der Waals surface area contributed by atoms with Crippen LogP contribution in [0.5, 0.6) is 0 Å². The van der Waals surface area contributed by atoms with Crippen LogP contribution in [-0.2, 0) is 4.79 Å². The molecule has 2 N–H and O–H groups in total. The van der Waals surface area contributed by atoms with Crippen molar-refractivity contribution in [3.8, 4) is 11.3 Å². The zero-order valence-electron chi connectivity index (χ0n) is 11.4. The van der Waals surface area contributed by atoms with E-state index in [-0.39, 0.29) is 11.7 Å². The zero-order valence-corrected chi connectivity index (χ0v) is 11.4. The molecule has 0 amide bonds. The van der Waals surface area contributed by atoms with E-state index in [1.165, 1.54) is 12.1 Å². The fourth-order valence-electron chi connectivity index (χ4n) is 2.63. The van der Waals surface area contributed by atoms with E-state index < -0.39 is 5.97 Å². The molecule has 1 aliphatic heterocycles. The molecule has 5 nitrogen and oxygen atoms in total. The SMILES string of the molecule is O=C(O)C1CCN(c2cc(-c3cccc(F)c3)[nH]n2)CC1. The molecule has 21 heavy (non-hydrogen) atoms. The quantitative estimate of drug-likeness (QED) is 0.911. The summed E-state index contributed by atoms with van der Waals surface area (Å²) >= 11 is 0. The van der Waals surface area contributed by atoms with E-state index in [1.807, 2.05) is 12.1 Å². The van der Waals surface area contributed by atoms with Gasteiger partial charge in [0.1, 0.15) is 5.82 Å². The smallest absolute Gasteiger partial charge is 0.306 e. The van der Waals surface area contributed by atoms with Gasteiger partial charge in [-0.3, -0.25) is 9.89 Å². The highest BCUT2D eigenvalue weighted by Crippen LogP contribution is 2.26. The molecule has 0 aliphatic carbocycles. The number of hydrogen-bond donors (Lipinski definition) is 2. The first-order valence-corrected chi connectivity index (χ1v) is 6.92. The van der Waals surface area contributed by atoms with Crippen molar-refractivity contribution in [3.63, 3.8) is 0 Å². The number of nitrogens with zero attached hydrogens (tertiary/aromatic N) is 2. The third-order valence-corrected chi connectivity index (χ3v) is 3.87. The number of benzene rings is 1. The van der Waals surface area contributed by atoms with Gasteiger partial charge in [0.2, 0.25) is 0 Å². The first-order valence-electron chi connectivity index (χ1n) is 6.92. The van der Waals surface area contributed by atoms with E-state index in [0.29, 0.717) is 25.9 Å². The second kappa shape index (κ2) is 5.55. The first-order chi connectivity index (χ1) is 10.1. The van der Waals surface area contributed by atoms with Crippen LogP contribution in [0.3, 0.4) is 0 Å². The van der Waals surface area contributed by atoms with Crippen LogP contribution in [0.4, 0.5) is 10.2 Å². The van der Waals surface area contributed by atoms with Crippen molar-refractivity contribution in [1.82, 2.24) is 10.2 Å². The number of nitrogens with one attached hydrogen (secondary N) is 1. The molecule has 2 aromatic rings. The van der Waals surface area contributed by atoms with Crippen LogP contribution in [0.15, 0.2) is 30.3 Å². The monoisotopic (exact) mass is 289 g/mol. The molecule has 2 heterocycles. The summed E-state index contributed by atoms with van der Waals surface area (Å²) in [6.07, 6.45) is 1.25. The van der Waals surface area contributed by atoms with E-state index >= 15 is 0 Å². The number of piperidine rings is 1. The number of carbonyl (C=O) groups is 1. The molecular formula is C15H16FN3O2.